The van der Waals surface area contributed by atoms with Crippen molar-refractivity contribution in [3.63, 3.8) is 0 Å². The highest BCUT2D eigenvalue weighted by Crippen LogP contribution is 2.20. The van der Waals surface area contributed by atoms with Crippen molar-refractivity contribution in [1.29, 1.82) is 0 Å². The van der Waals surface area contributed by atoms with Crippen LogP contribution in [0.15, 0.2) is 36.7 Å². The summed E-state index contributed by atoms with van der Waals surface area (Å²) in [6.45, 7) is 0. The summed E-state index contributed by atoms with van der Waals surface area (Å²) in [4.78, 5) is 29.4. The van der Waals surface area contributed by atoms with Crippen LogP contribution in [-0.4, -0.2) is 28.0 Å². The molecule has 19 heavy (non-hydrogen) atoms. The number of rotatable bonds is 3. The SMILES string of the molecule is COC(=O)c1cnc(-c2cccc([N+](=O)[O-])c2)nc1. The molecular weight excluding hydrogens is 250 g/mol. The van der Waals surface area contributed by atoms with Crippen molar-refractivity contribution in [2.45, 2.75) is 0 Å². The summed E-state index contributed by atoms with van der Waals surface area (Å²) in [6, 6.07) is 5.95. The van der Waals surface area contributed by atoms with Gasteiger partial charge in [0.1, 0.15) is 0 Å². The number of aromatic nitrogens is 2. The number of carbonyl (C=O) groups excluding carboxylic acids is 1. The van der Waals surface area contributed by atoms with Gasteiger partial charge in [0.15, 0.2) is 5.82 Å². The molecule has 7 heteroatoms. The summed E-state index contributed by atoms with van der Waals surface area (Å²) in [7, 11) is 1.26. The lowest BCUT2D eigenvalue weighted by molar-refractivity contribution is -0.384. The van der Waals surface area contributed by atoms with Crippen LogP contribution in [0.4, 0.5) is 5.69 Å². The number of ether oxygens (including phenoxy) is 1. The Morgan fingerprint density at radius 3 is 2.58 bits per heavy atom. The summed E-state index contributed by atoms with van der Waals surface area (Å²) >= 11 is 0. The molecule has 0 fully saturated rings. The minimum Gasteiger partial charge on any atom is -0.465 e. The van der Waals surface area contributed by atoms with Gasteiger partial charge < -0.3 is 4.74 Å². The Bertz CT molecular complexity index is 625. The summed E-state index contributed by atoms with van der Waals surface area (Å²) < 4.78 is 4.52. The summed E-state index contributed by atoms with van der Waals surface area (Å²) in [6.07, 6.45) is 2.62. The smallest absolute Gasteiger partial charge is 0.341 e. The largest absolute Gasteiger partial charge is 0.465 e. The van der Waals surface area contributed by atoms with Gasteiger partial charge in [0.25, 0.3) is 5.69 Å². The molecule has 0 unspecified atom stereocenters. The molecule has 0 atom stereocenters. The van der Waals surface area contributed by atoms with Gasteiger partial charge in [-0.15, -0.1) is 0 Å². The van der Waals surface area contributed by atoms with E-state index in [2.05, 4.69) is 14.7 Å². The Labute approximate surface area is 108 Å². The van der Waals surface area contributed by atoms with Crippen LogP contribution in [0.5, 0.6) is 0 Å². The first-order chi connectivity index (χ1) is 9.11. The molecule has 0 amide bonds. The van der Waals surface area contributed by atoms with Crippen molar-refractivity contribution in [3.8, 4) is 11.4 Å². The van der Waals surface area contributed by atoms with Crippen LogP contribution in [0.1, 0.15) is 10.4 Å². The molecule has 2 rings (SSSR count). The first-order valence-electron chi connectivity index (χ1n) is 5.27. The standard InChI is InChI=1S/C12H9N3O4/c1-19-12(16)9-6-13-11(14-7-9)8-3-2-4-10(5-8)15(17)18/h2-7H,1H3. The third-order valence-corrected chi connectivity index (χ3v) is 2.39. The van der Waals surface area contributed by atoms with Gasteiger partial charge in [-0.25, -0.2) is 14.8 Å². The molecule has 1 aromatic heterocycles. The fraction of sp³-hybridized carbons (Fsp3) is 0.0833. The highest BCUT2D eigenvalue weighted by Gasteiger charge is 2.10. The normalized spacial score (nSPS) is 9.95. The second-order valence-corrected chi connectivity index (χ2v) is 3.59. The van der Waals surface area contributed by atoms with Gasteiger partial charge in [0.05, 0.1) is 17.6 Å². The van der Waals surface area contributed by atoms with E-state index in [0.29, 0.717) is 11.4 Å². The molecule has 2 aromatic rings. The molecule has 1 aromatic carbocycles. The number of benzene rings is 1. The maximum absolute atomic E-state index is 11.2. The van der Waals surface area contributed by atoms with E-state index >= 15 is 0 Å². The number of non-ortho nitro benzene ring substituents is 1. The molecule has 0 N–H and O–H groups in total. The maximum Gasteiger partial charge on any atom is 0.341 e. The van der Waals surface area contributed by atoms with Crippen molar-refractivity contribution in [3.05, 3.63) is 52.3 Å². The fourth-order valence-corrected chi connectivity index (χ4v) is 1.46. The van der Waals surface area contributed by atoms with E-state index in [1.54, 1.807) is 12.1 Å². The zero-order valence-electron chi connectivity index (χ0n) is 9.94. The van der Waals surface area contributed by atoms with Crippen molar-refractivity contribution in [1.82, 2.24) is 9.97 Å². The monoisotopic (exact) mass is 259 g/mol. The van der Waals surface area contributed by atoms with Crippen LogP contribution in [0, 0.1) is 10.1 Å². The zero-order chi connectivity index (χ0) is 13.8. The quantitative estimate of drug-likeness (QED) is 0.474. The molecule has 0 bridgehead atoms. The predicted octanol–water partition coefficient (Wildman–Crippen LogP) is 1.84. The van der Waals surface area contributed by atoms with Crippen molar-refractivity contribution >= 4 is 11.7 Å². The molecule has 0 saturated carbocycles. The molecule has 0 saturated heterocycles. The number of hydrogen-bond acceptors (Lipinski definition) is 6. The molecule has 0 aliphatic rings. The average molecular weight is 259 g/mol. The van der Waals surface area contributed by atoms with Crippen molar-refractivity contribution in [2.75, 3.05) is 7.11 Å². The molecule has 7 nitrogen and oxygen atoms in total. The number of nitro benzene ring substituents is 1. The number of nitro groups is 1. The molecule has 0 aliphatic carbocycles. The van der Waals surface area contributed by atoms with E-state index in [1.807, 2.05) is 0 Å². The minimum atomic E-state index is -0.536. The van der Waals surface area contributed by atoms with Gasteiger partial charge in [-0.3, -0.25) is 10.1 Å². The third-order valence-electron chi connectivity index (χ3n) is 2.39. The number of esters is 1. The lowest BCUT2D eigenvalue weighted by Crippen LogP contribution is -2.03. The Morgan fingerprint density at radius 2 is 2.00 bits per heavy atom. The molecule has 0 radical (unpaired) electrons. The summed E-state index contributed by atoms with van der Waals surface area (Å²) in [5, 5.41) is 10.7. The van der Waals surface area contributed by atoms with Crippen LogP contribution in [-0.2, 0) is 4.74 Å². The van der Waals surface area contributed by atoms with Gasteiger partial charge in [0.2, 0.25) is 0 Å². The molecular formula is C12H9N3O4. The lowest BCUT2D eigenvalue weighted by Gasteiger charge is -2.01. The van der Waals surface area contributed by atoms with Crippen molar-refractivity contribution in [2.24, 2.45) is 0 Å². The van der Waals surface area contributed by atoms with Gasteiger partial charge in [-0.05, 0) is 0 Å². The lowest BCUT2D eigenvalue weighted by atomic mass is 10.2. The molecule has 0 aliphatic heterocycles. The van der Waals surface area contributed by atoms with E-state index in [9.17, 15) is 14.9 Å². The average Bonchev–Trinajstić information content (AvgIpc) is 2.46. The van der Waals surface area contributed by atoms with E-state index < -0.39 is 10.9 Å². The number of methoxy groups -OCH3 is 1. The number of nitrogens with zero attached hydrogens (tertiary/aromatic N) is 3. The summed E-state index contributed by atoms with van der Waals surface area (Å²) in [5.74, 6) is -0.234. The maximum atomic E-state index is 11.2. The van der Waals surface area contributed by atoms with Crippen LogP contribution >= 0.6 is 0 Å². The predicted molar refractivity (Wildman–Crippen MR) is 65.5 cm³/mol. The van der Waals surface area contributed by atoms with Crippen LogP contribution in [0.2, 0.25) is 0 Å². The Balaban J connectivity index is 2.34. The fourth-order valence-electron chi connectivity index (χ4n) is 1.46. The van der Waals surface area contributed by atoms with E-state index in [0.717, 1.165) is 0 Å². The Morgan fingerprint density at radius 1 is 1.32 bits per heavy atom. The van der Waals surface area contributed by atoms with Gasteiger partial charge >= 0.3 is 5.97 Å². The second kappa shape index (κ2) is 5.21. The van der Waals surface area contributed by atoms with Gasteiger partial charge in [-0.2, -0.15) is 0 Å². The van der Waals surface area contributed by atoms with E-state index in [-0.39, 0.29) is 11.3 Å². The Hall–Kier alpha value is -2.83. The highest BCUT2D eigenvalue weighted by atomic mass is 16.6. The zero-order valence-corrected chi connectivity index (χ0v) is 9.94. The summed E-state index contributed by atoms with van der Waals surface area (Å²) in [5.41, 5.74) is 0.681. The molecule has 0 spiro atoms. The third kappa shape index (κ3) is 2.71. The topological polar surface area (TPSA) is 95.2 Å². The van der Waals surface area contributed by atoms with Crippen molar-refractivity contribution < 1.29 is 14.5 Å². The first-order valence-corrected chi connectivity index (χ1v) is 5.27. The number of carbonyl (C=O) groups is 1. The van der Waals surface area contributed by atoms with E-state index in [1.165, 1.54) is 31.6 Å². The minimum absolute atomic E-state index is 0.0434. The van der Waals surface area contributed by atoms with Gasteiger partial charge in [-0.1, -0.05) is 12.1 Å². The first kappa shape index (κ1) is 12.6. The molecule has 96 valence electrons. The van der Waals surface area contributed by atoms with Gasteiger partial charge in [0, 0.05) is 30.1 Å². The molecule has 1 heterocycles. The van der Waals surface area contributed by atoms with Crippen LogP contribution in [0.25, 0.3) is 11.4 Å². The Kier molecular flexibility index (Phi) is 3.46. The highest BCUT2D eigenvalue weighted by molar-refractivity contribution is 5.88. The van der Waals surface area contributed by atoms with Crippen LogP contribution < -0.4 is 0 Å². The number of hydrogen-bond donors (Lipinski definition) is 0. The van der Waals surface area contributed by atoms with E-state index in [4.69, 9.17) is 0 Å². The second-order valence-electron chi connectivity index (χ2n) is 3.59. The van der Waals surface area contributed by atoms with Crippen LogP contribution in [0.3, 0.4) is 0 Å².